The molecular formula is C19H17FN4O. The van der Waals surface area contributed by atoms with Gasteiger partial charge in [0, 0.05) is 24.0 Å². The molecule has 0 atom stereocenters. The summed E-state index contributed by atoms with van der Waals surface area (Å²) in [4.78, 5) is 23.1. The van der Waals surface area contributed by atoms with E-state index in [1.165, 1.54) is 6.07 Å². The SMILES string of the molecule is Cn1c(=O)[nH]c2c3cc(C(C)(C)c4ccc(F)nc4)ccc3ncc21. The normalized spacial score (nSPS) is 12.2. The van der Waals surface area contributed by atoms with Crippen molar-refractivity contribution in [3.63, 3.8) is 0 Å². The Bertz CT molecular complexity index is 1160. The number of nitrogens with zero attached hydrogens (tertiary/aromatic N) is 3. The minimum absolute atomic E-state index is 0.170. The molecule has 3 heterocycles. The first-order valence-corrected chi connectivity index (χ1v) is 7.98. The molecule has 4 rings (SSSR count). The van der Waals surface area contributed by atoms with Crippen molar-refractivity contribution in [1.29, 1.82) is 0 Å². The fourth-order valence-electron chi connectivity index (χ4n) is 3.17. The molecule has 1 aromatic carbocycles. The largest absolute Gasteiger partial charge is 0.326 e. The molecule has 3 aromatic heterocycles. The molecule has 25 heavy (non-hydrogen) atoms. The molecule has 0 fully saturated rings. The first kappa shape index (κ1) is 15.5. The number of hydrogen-bond acceptors (Lipinski definition) is 3. The smallest absolute Gasteiger partial charge is 0.305 e. The van der Waals surface area contributed by atoms with Crippen LogP contribution >= 0.6 is 0 Å². The number of hydrogen-bond donors (Lipinski definition) is 1. The Morgan fingerprint density at radius 3 is 2.56 bits per heavy atom. The third-order valence-electron chi connectivity index (χ3n) is 4.92. The van der Waals surface area contributed by atoms with Crippen LogP contribution in [0.3, 0.4) is 0 Å². The van der Waals surface area contributed by atoms with Gasteiger partial charge in [0.25, 0.3) is 0 Å². The summed E-state index contributed by atoms with van der Waals surface area (Å²) in [6, 6.07) is 9.09. The molecule has 0 saturated carbocycles. The standard InChI is InChI=1S/C19H17FN4O/c1-19(2,12-5-7-16(20)22-9-12)11-4-6-14-13(8-11)17-15(10-21-14)24(3)18(25)23-17/h4-10H,1-3H3,(H,23,25). The summed E-state index contributed by atoms with van der Waals surface area (Å²) in [5.74, 6) is -0.495. The predicted molar refractivity (Wildman–Crippen MR) is 95.2 cm³/mol. The highest BCUT2D eigenvalue weighted by Crippen LogP contribution is 2.33. The lowest BCUT2D eigenvalue weighted by Gasteiger charge is -2.26. The molecule has 0 amide bonds. The van der Waals surface area contributed by atoms with Gasteiger partial charge in [-0.3, -0.25) is 9.55 Å². The van der Waals surface area contributed by atoms with Crippen LogP contribution in [0.1, 0.15) is 25.0 Å². The molecule has 0 aliphatic carbocycles. The molecule has 0 saturated heterocycles. The average molecular weight is 336 g/mol. The molecule has 5 nitrogen and oxygen atoms in total. The van der Waals surface area contributed by atoms with Gasteiger partial charge in [-0.25, -0.2) is 9.78 Å². The van der Waals surface area contributed by atoms with E-state index in [0.29, 0.717) is 0 Å². The molecule has 0 unspecified atom stereocenters. The Morgan fingerprint density at radius 1 is 1.08 bits per heavy atom. The van der Waals surface area contributed by atoms with Gasteiger partial charge in [0.1, 0.15) is 0 Å². The fraction of sp³-hybridized carbons (Fsp3) is 0.211. The number of benzene rings is 1. The zero-order chi connectivity index (χ0) is 17.8. The number of halogens is 1. The zero-order valence-electron chi connectivity index (χ0n) is 14.2. The number of fused-ring (bicyclic) bond motifs is 3. The van der Waals surface area contributed by atoms with E-state index in [9.17, 15) is 9.18 Å². The summed E-state index contributed by atoms with van der Waals surface area (Å²) < 4.78 is 14.7. The van der Waals surface area contributed by atoms with Gasteiger partial charge in [0.15, 0.2) is 0 Å². The minimum Gasteiger partial charge on any atom is -0.305 e. The Balaban J connectivity index is 1.96. The van der Waals surface area contributed by atoms with Crippen LogP contribution in [0.15, 0.2) is 47.5 Å². The van der Waals surface area contributed by atoms with E-state index in [1.807, 2.05) is 18.2 Å². The second-order valence-electron chi connectivity index (χ2n) is 6.73. The van der Waals surface area contributed by atoms with Crippen molar-refractivity contribution >= 4 is 21.9 Å². The van der Waals surface area contributed by atoms with E-state index in [2.05, 4.69) is 28.8 Å². The van der Waals surface area contributed by atoms with Gasteiger partial charge >= 0.3 is 5.69 Å². The lowest BCUT2D eigenvalue weighted by Crippen LogP contribution is -2.19. The summed E-state index contributed by atoms with van der Waals surface area (Å²) in [6.45, 7) is 4.12. The molecule has 0 bridgehead atoms. The number of aryl methyl sites for hydroxylation is 1. The van der Waals surface area contributed by atoms with Crippen molar-refractivity contribution in [3.05, 3.63) is 70.3 Å². The number of H-pyrrole nitrogens is 1. The van der Waals surface area contributed by atoms with E-state index in [0.717, 1.165) is 33.1 Å². The maximum atomic E-state index is 13.1. The zero-order valence-corrected chi connectivity index (χ0v) is 14.2. The van der Waals surface area contributed by atoms with Gasteiger partial charge in [-0.1, -0.05) is 26.0 Å². The Morgan fingerprint density at radius 2 is 1.84 bits per heavy atom. The van der Waals surface area contributed by atoms with E-state index in [-0.39, 0.29) is 11.1 Å². The summed E-state index contributed by atoms with van der Waals surface area (Å²) in [5, 5.41) is 0.885. The van der Waals surface area contributed by atoms with Crippen LogP contribution in [0.2, 0.25) is 0 Å². The molecule has 6 heteroatoms. The van der Waals surface area contributed by atoms with E-state index in [4.69, 9.17) is 0 Å². The molecular weight excluding hydrogens is 319 g/mol. The molecule has 0 radical (unpaired) electrons. The predicted octanol–water partition coefficient (Wildman–Crippen LogP) is 3.27. The van der Waals surface area contributed by atoms with Crippen molar-refractivity contribution in [3.8, 4) is 0 Å². The van der Waals surface area contributed by atoms with Crippen molar-refractivity contribution in [2.75, 3.05) is 0 Å². The van der Waals surface area contributed by atoms with Gasteiger partial charge in [-0.2, -0.15) is 4.39 Å². The van der Waals surface area contributed by atoms with Crippen LogP contribution in [0.4, 0.5) is 4.39 Å². The minimum atomic E-state index is -0.495. The number of pyridine rings is 2. The van der Waals surface area contributed by atoms with Crippen molar-refractivity contribution < 1.29 is 4.39 Å². The van der Waals surface area contributed by atoms with Gasteiger partial charge in [-0.15, -0.1) is 0 Å². The highest BCUT2D eigenvalue weighted by molar-refractivity contribution is 6.02. The summed E-state index contributed by atoms with van der Waals surface area (Å²) >= 11 is 0. The van der Waals surface area contributed by atoms with Gasteiger partial charge in [0.05, 0.1) is 22.7 Å². The van der Waals surface area contributed by atoms with Gasteiger partial charge < -0.3 is 4.98 Å². The van der Waals surface area contributed by atoms with Crippen LogP contribution < -0.4 is 5.69 Å². The molecule has 0 aliphatic rings. The fourth-order valence-corrected chi connectivity index (χ4v) is 3.17. The van der Waals surface area contributed by atoms with Gasteiger partial charge in [0.2, 0.25) is 5.95 Å². The Hall–Kier alpha value is -3.02. The van der Waals surface area contributed by atoms with Crippen molar-refractivity contribution in [1.82, 2.24) is 19.5 Å². The highest BCUT2D eigenvalue weighted by Gasteiger charge is 2.24. The molecule has 1 N–H and O–H groups in total. The number of nitrogens with one attached hydrogen (secondary N) is 1. The maximum absolute atomic E-state index is 13.1. The number of aromatic nitrogens is 4. The van der Waals surface area contributed by atoms with Crippen LogP contribution in [-0.2, 0) is 12.5 Å². The van der Waals surface area contributed by atoms with E-state index in [1.54, 1.807) is 30.1 Å². The third kappa shape index (κ3) is 2.33. The second-order valence-corrected chi connectivity index (χ2v) is 6.73. The van der Waals surface area contributed by atoms with E-state index < -0.39 is 5.95 Å². The van der Waals surface area contributed by atoms with Crippen LogP contribution in [0, 0.1) is 5.95 Å². The van der Waals surface area contributed by atoms with Crippen LogP contribution in [0.5, 0.6) is 0 Å². The highest BCUT2D eigenvalue weighted by atomic mass is 19.1. The van der Waals surface area contributed by atoms with Gasteiger partial charge in [-0.05, 0) is 29.3 Å². The average Bonchev–Trinajstić information content (AvgIpc) is 2.90. The Labute approximate surface area is 143 Å². The Kier molecular flexibility index (Phi) is 3.25. The quantitative estimate of drug-likeness (QED) is 0.571. The van der Waals surface area contributed by atoms with Crippen molar-refractivity contribution in [2.45, 2.75) is 19.3 Å². The third-order valence-corrected chi connectivity index (χ3v) is 4.92. The number of rotatable bonds is 2. The molecule has 4 aromatic rings. The lowest BCUT2D eigenvalue weighted by atomic mass is 9.78. The first-order chi connectivity index (χ1) is 11.9. The monoisotopic (exact) mass is 336 g/mol. The molecule has 0 spiro atoms. The van der Waals surface area contributed by atoms with Crippen LogP contribution in [0.25, 0.3) is 21.9 Å². The van der Waals surface area contributed by atoms with E-state index >= 15 is 0 Å². The topological polar surface area (TPSA) is 63.6 Å². The molecule has 126 valence electrons. The summed E-state index contributed by atoms with van der Waals surface area (Å²) in [5.41, 5.74) is 3.75. The number of imidazole rings is 1. The summed E-state index contributed by atoms with van der Waals surface area (Å²) in [6.07, 6.45) is 3.26. The maximum Gasteiger partial charge on any atom is 0.326 e. The summed E-state index contributed by atoms with van der Waals surface area (Å²) in [7, 11) is 1.71. The number of aromatic amines is 1. The lowest BCUT2D eigenvalue weighted by molar-refractivity contribution is 0.572. The van der Waals surface area contributed by atoms with Crippen molar-refractivity contribution in [2.24, 2.45) is 7.05 Å². The van der Waals surface area contributed by atoms with Crippen LogP contribution in [-0.4, -0.2) is 19.5 Å². The second kappa shape index (κ2) is 5.24. The molecule has 0 aliphatic heterocycles. The first-order valence-electron chi connectivity index (χ1n) is 7.98.